The number of likely N-dealkylation sites (N-methyl/N-ethyl adjacent to an activating group) is 1. The summed E-state index contributed by atoms with van der Waals surface area (Å²) in [5.41, 5.74) is 0.900. The zero-order valence-electron chi connectivity index (χ0n) is 15.1. The van der Waals surface area contributed by atoms with Gasteiger partial charge in [0.25, 0.3) is 0 Å². The molecule has 0 unspecified atom stereocenters. The van der Waals surface area contributed by atoms with E-state index in [0.717, 1.165) is 0 Å². The Labute approximate surface area is 166 Å². The molecular weight excluding hydrogens is 381 g/mol. The van der Waals surface area contributed by atoms with Crippen molar-refractivity contribution in [2.24, 2.45) is 0 Å². The fourth-order valence-electron chi connectivity index (χ4n) is 2.77. The van der Waals surface area contributed by atoms with Crippen molar-refractivity contribution < 1.29 is 9.13 Å². The minimum absolute atomic E-state index is 0.353. The summed E-state index contributed by atoms with van der Waals surface area (Å²) in [5, 5.41) is 13.4. The van der Waals surface area contributed by atoms with Crippen LogP contribution in [0.5, 0.6) is 5.75 Å². The van der Waals surface area contributed by atoms with Gasteiger partial charge in [0, 0.05) is 12.1 Å². The van der Waals surface area contributed by atoms with Crippen LogP contribution in [0.3, 0.4) is 0 Å². The number of rotatable bonds is 6. The van der Waals surface area contributed by atoms with Crippen LogP contribution in [-0.4, -0.2) is 40.0 Å². The standard InChI is InChI=1S/C20H17ClFN5O/c1-26(11-12-28-15-6-4-5-14(21)13-15)19-10-9-18-23-24-20(27(18)25-19)16-7-2-3-8-17(16)22/h2-10,13H,11-12H2,1H3. The van der Waals surface area contributed by atoms with E-state index in [1.165, 1.54) is 6.07 Å². The quantitative estimate of drug-likeness (QED) is 0.490. The van der Waals surface area contributed by atoms with Gasteiger partial charge in [-0.15, -0.1) is 15.3 Å². The highest BCUT2D eigenvalue weighted by Gasteiger charge is 2.14. The van der Waals surface area contributed by atoms with E-state index in [1.807, 2.05) is 30.1 Å². The normalized spacial score (nSPS) is 11.0. The first-order chi connectivity index (χ1) is 13.6. The lowest BCUT2D eigenvalue weighted by Crippen LogP contribution is -2.25. The molecule has 0 atom stereocenters. The van der Waals surface area contributed by atoms with Gasteiger partial charge in [0.2, 0.25) is 0 Å². The second-order valence-electron chi connectivity index (χ2n) is 6.19. The summed E-state index contributed by atoms with van der Waals surface area (Å²) < 4.78 is 21.4. The molecule has 8 heteroatoms. The van der Waals surface area contributed by atoms with Gasteiger partial charge in [-0.1, -0.05) is 29.8 Å². The molecule has 0 spiro atoms. The molecule has 0 N–H and O–H groups in total. The van der Waals surface area contributed by atoms with Gasteiger partial charge in [-0.3, -0.25) is 0 Å². The maximum Gasteiger partial charge on any atom is 0.188 e. The molecule has 2 heterocycles. The van der Waals surface area contributed by atoms with Crippen LogP contribution in [-0.2, 0) is 0 Å². The highest BCUT2D eigenvalue weighted by Crippen LogP contribution is 2.22. The van der Waals surface area contributed by atoms with Gasteiger partial charge < -0.3 is 9.64 Å². The van der Waals surface area contributed by atoms with Crippen molar-refractivity contribution in [2.75, 3.05) is 25.1 Å². The smallest absolute Gasteiger partial charge is 0.188 e. The lowest BCUT2D eigenvalue weighted by atomic mass is 10.2. The van der Waals surface area contributed by atoms with Crippen LogP contribution in [0.2, 0.25) is 5.02 Å². The summed E-state index contributed by atoms with van der Waals surface area (Å²) in [6.45, 7) is 1.06. The monoisotopic (exact) mass is 397 g/mol. The third-order valence-electron chi connectivity index (χ3n) is 4.25. The van der Waals surface area contributed by atoms with Crippen LogP contribution in [0.15, 0.2) is 60.7 Å². The molecule has 0 fully saturated rings. The lowest BCUT2D eigenvalue weighted by Gasteiger charge is -2.18. The van der Waals surface area contributed by atoms with Crippen molar-refractivity contribution >= 4 is 23.1 Å². The average molecular weight is 398 g/mol. The first kappa shape index (κ1) is 18.2. The summed E-state index contributed by atoms with van der Waals surface area (Å²) in [7, 11) is 1.91. The lowest BCUT2D eigenvalue weighted by molar-refractivity contribution is 0.325. The van der Waals surface area contributed by atoms with Gasteiger partial charge in [0.05, 0.1) is 12.1 Å². The number of hydrogen-bond donors (Lipinski definition) is 0. The van der Waals surface area contributed by atoms with E-state index in [1.54, 1.807) is 40.9 Å². The summed E-state index contributed by atoms with van der Waals surface area (Å²) in [4.78, 5) is 1.94. The minimum Gasteiger partial charge on any atom is -0.492 e. The SMILES string of the molecule is CN(CCOc1cccc(Cl)c1)c1ccc2nnc(-c3ccccc3F)n2n1. The number of fused-ring (bicyclic) bond motifs is 1. The van der Waals surface area contributed by atoms with Crippen LogP contribution in [0, 0.1) is 5.82 Å². The number of ether oxygens (including phenoxy) is 1. The highest BCUT2D eigenvalue weighted by molar-refractivity contribution is 6.30. The molecule has 0 amide bonds. The van der Waals surface area contributed by atoms with Crippen LogP contribution in [0.1, 0.15) is 0 Å². The molecule has 0 aliphatic heterocycles. The Morgan fingerprint density at radius 2 is 1.93 bits per heavy atom. The first-order valence-electron chi connectivity index (χ1n) is 8.69. The molecule has 0 bridgehead atoms. The van der Waals surface area contributed by atoms with Crippen molar-refractivity contribution in [3.8, 4) is 17.1 Å². The van der Waals surface area contributed by atoms with E-state index in [0.29, 0.717) is 46.8 Å². The molecule has 0 saturated heterocycles. The zero-order valence-corrected chi connectivity index (χ0v) is 15.8. The molecule has 4 rings (SSSR count). The van der Waals surface area contributed by atoms with E-state index < -0.39 is 0 Å². The molecule has 28 heavy (non-hydrogen) atoms. The molecule has 0 radical (unpaired) electrons. The molecular formula is C20H17ClFN5O. The molecule has 6 nitrogen and oxygen atoms in total. The van der Waals surface area contributed by atoms with Crippen LogP contribution in [0.4, 0.5) is 10.2 Å². The molecule has 4 aromatic rings. The third kappa shape index (κ3) is 3.75. The second-order valence-corrected chi connectivity index (χ2v) is 6.63. The Kier molecular flexibility index (Phi) is 5.08. The van der Waals surface area contributed by atoms with Crippen molar-refractivity contribution in [1.82, 2.24) is 19.8 Å². The van der Waals surface area contributed by atoms with E-state index in [-0.39, 0.29) is 5.82 Å². The second kappa shape index (κ2) is 7.82. The highest BCUT2D eigenvalue weighted by atomic mass is 35.5. The van der Waals surface area contributed by atoms with Gasteiger partial charge in [-0.25, -0.2) is 4.39 Å². The molecule has 2 aromatic carbocycles. The number of aromatic nitrogens is 4. The van der Waals surface area contributed by atoms with E-state index in [4.69, 9.17) is 16.3 Å². The summed E-state index contributed by atoms with van der Waals surface area (Å²) in [6.07, 6.45) is 0. The molecule has 2 aromatic heterocycles. The van der Waals surface area contributed by atoms with Gasteiger partial charge in [0.15, 0.2) is 11.5 Å². The van der Waals surface area contributed by atoms with Crippen molar-refractivity contribution in [3.05, 3.63) is 71.5 Å². The molecule has 0 aliphatic carbocycles. The molecule has 142 valence electrons. The Morgan fingerprint density at radius 3 is 2.75 bits per heavy atom. The molecule has 0 aliphatic rings. The summed E-state index contributed by atoms with van der Waals surface area (Å²) >= 11 is 5.96. The van der Waals surface area contributed by atoms with Gasteiger partial charge >= 0.3 is 0 Å². The number of nitrogens with zero attached hydrogens (tertiary/aromatic N) is 5. The maximum absolute atomic E-state index is 14.2. The zero-order chi connectivity index (χ0) is 19.5. The topological polar surface area (TPSA) is 55.5 Å². The largest absolute Gasteiger partial charge is 0.492 e. The van der Waals surface area contributed by atoms with Crippen LogP contribution < -0.4 is 9.64 Å². The van der Waals surface area contributed by atoms with Crippen LogP contribution >= 0.6 is 11.6 Å². The predicted molar refractivity (Wildman–Crippen MR) is 106 cm³/mol. The number of anilines is 1. The summed E-state index contributed by atoms with van der Waals surface area (Å²) in [5.74, 6) is 1.40. The fourth-order valence-corrected chi connectivity index (χ4v) is 2.95. The number of hydrogen-bond acceptors (Lipinski definition) is 5. The predicted octanol–water partition coefficient (Wildman–Crippen LogP) is 4.10. The Balaban J connectivity index is 1.52. The van der Waals surface area contributed by atoms with Crippen LogP contribution in [0.25, 0.3) is 17.0 Å². The van der Waals surface area contributed by atoms with Crippen molar-refractivity contribution in [2.45, 2.75) is 0 Å². The van der Waals surface area contributed by atoms with E-state index in [9.17, 15) is 4.39 Å². The van der Waals surface area contributed by atoms with Gasteiger partial charge in [-0.2, -0.15) is 4.52 Å². The minimum atomic E-state index is -0.368. The van der Waals surface area contributed by atoms with Crippen molar-refractivity contribution in [3.63, 3.8) is 0 Å². The first-order valence-corrected chi connectivity index (χ1v) is 9.06. The average Bonchev–Trinajstić information content (AvgIpc) is 3.11. The number of halogens is 2. The van der Waals surface area contributed by atoms with Crippen molar-refractivity contribution in [1.29, 1.82) is 0 Å². The van der Waals surface area contributed by atoms with E-state index >= 15 is 0 Å². The Hall–Kier alpha value is -3.19. The fraction of sp³-hybridized carbons (Fsp3) is 0.150. The third-order valence-corrected chi connectivity index (χ3v) is 4.48. The maximum atomic E-state index is 14.2. The Morgan fingerprint density at radius 1 is 1.07 bits per heavy atom. The van der Waals surface area contributed by atoms with E-state index in [2.05, 4.69) is 15.3 Å². The molecule has 0 saturated carbocycles. The number of benzene rings is 2. The summed E-state index contributed by atoms with van der Waals surface area (Å²) in [6, 6.07) is 17.3. The van der Waals surface area contributed by atoms with Gasteiger partial charge in [-0.05, 0) is 42.5 Å². The van der Waals surface area contributed by atoms with Gasteiger partial charge in [0.1, 0.15) is 24.0 Å². The Bertz CT molecular complexity index is 1120.